The summed E-state index contributed by atoms with van der Waals surface area (Å²) in [6.07, 6.45) is 1.87. The fraction of sp³-hybridized carbons (Fsp3) is 0.571. The number of hydrogen-bond donors (Lipinski definition) is 0. The summed E-state index contributed by atoms with van der Waals surface area (Å²) in [5, 5.41) is 0. The number of rotatable bonds is 5. The van der Waals surface area contributed by atoms with Crippen LogP contribution in [0.2, 0.25) is 0 Å². The van der Waals surface area contributed by atoms with Gasteiger partial charge in [0.15, 0.2) is 0 Å². The van der Waals surface area contributed by atoms with Gasteiger partial charge >= 0.3 is 0 Å². The van der Waals surface area contributed by atoms with Crippen molar-refractivity contribution in [2.24, 2.45) is 0 Å². The Labute approximate surface area is 120 Å². The van der Waals surface area contributed by atoms with Crippen LogP contribution in [0.5, 0.6) is 5.75 Å². The van der Waals surface area contributed by atoms with Crippen LogP contribution in [-0.4, -0.2) is 15.0 Å². The van der Waals surface area contributed by atoms with Crippen LogP contribution in [0.1, 0.15) is 46.1 Å². The van der Waals surface area contributed by atoms with Gasteiger partial charge in [0.25, 0.3) is 9.05 Å². The maximum absolute atomic E-state index is 11.7. The first kappa shape index (κ1) is 16.3. The van der Waals surface area contributed by atoms with Crippen molar-refractivity contribution in [3.8, 4) is 5.75 Å². The van der Waals surface area contributed by atoms with Gasteiger partial charge in [0.2, 0.25) is 0 Å². The molecule has 108 valence electrons. The maximum Gasteiger partial charge on any atom is 0.264 e. The first-order valence-electron chi connectivity index (χ1n) is 6.38. The molecule has 0 N–H and O–H groups in total. The van der Waals surface area contributed by atoms with Crippen LogP contribution in [0, 0.1) is 0 Å². The number of hydrogen-bond acceptors (Lipinski definition) is 3. The lowest BCUT2D eigenvalue weighted by atomic mass is 9.87. The van der Waals surface area contributed by atoms with Crippen molar-refractivity contribution >= 4 is 19.7 Å². The van der Waals surface area contributed by atoms with Gasteiger partial charge in [-0.3, -0.25) is 0 Å². The molecule has 0 amide bonds. The summed E-state index contributed by atoms with van der Waals surface area (Å²) in [4.78, 5) is 0.0534. The number of benzene rings is 1. The number of halogens is 1. The quantitative estimate of drug-likeness (QED) is 0.608. The molecule has 0 aliphatic rings. The molecule has 1 rings (SSSR count). The van der Waals surface area contributed by atoms with Crippen LogP contribution in [-0.2, 0) is 14.5 Å². The SMILES string of the molecule is CCCCOc1ccc(C(C)(C)C)cc1S(=O)(=O)Cl. The zero-order valence-electron chi connectivity index (χ0n) is 11.9. The minimum absolute atomic E-state index is 0.0534. The fourth-order valence-corrected chi connectivity index (χ4v) is 2.61. The van der Waals surface area contributed by atoms with Crippen LogP contribution in [0.4, 0.5) is 0 Å². The summed E-state index contributed by atoms with van der Waals surface area (Å²) < 4.78 is 28.8. The van der Waals surface area contributed by atoms with Gasteiger partial charge in [-0.25, -0.2) is 8.42 Å². The molecule has 1 aromatic carbocycles. The Kier molecular flexibility index (Phi) is 5.27. The highest BCUT2D eigenvalue weighted by molar-refractivity contribution is 8.13. The van der Waals surface area contributed by atoms with E-state index in [4.69, 9.17) is 15.4 Å². The minimum Gasteiger partial charge on any atom is -0.492 e. The largest absolute Gasteiger partial charge is 0.492 e. The van der Waals surface area contributed by atoms with E-state index in [0.29, 0.717) is 12.4 Å². The van der Waals surface area contributed by atoms with Crippen LogP contribution >= 0.6 is 10.7 Å². The zero-order valence-corrected chi connectivity index (χ0v) is 13.4. The normalized spacial score (nSPS) is 12.5. The molecular weight excluding hydrogens is 284 g/mol. The average molecular weight is 305 g/mol. The van der Waals surface area contributed by atoms with Gasteiger partial charge in [0, 0.05) is 10.7 Å². The minimum atomic E-state index is -3.81. The summed E-state index contributed by atoms with van der Waals surface area (Å²) in [7, 11) is 1.68. The first-order chi connectivity index (χ1) is 8.66. The molecule has 0 aromatic heterocycles. The second-order valence-electron chi connectivity index (χ2n) is 5.55. The smallest absolute Gasteiger partial charge is 0.264 e. The molecule has 0 aliphatic carbocycles. The van der Waals surface area contributed by atoms with Gasteiger partial charge in [-0.15, -0.1) is 0 Å². The van der Waals surface area contributed by atoms with Crippen LogP contribution in [0.15, 0.2) is 23.1 Å². The number of unbranched alkanes of at least 4 members (excludes halogenated alkanes) is 1. The van der Waals surface area contributed by atoms with Gasteiger partial charge in [-0.2, -0.15) is 0 Å². The van der Waals surface area contributed by atoms with Gasteiger partial charge in [0.1, 0.15) is 10.6 Å². The van der Waals surface area contributed by atoms with E-state index in [1.165, 1.54) is 0 Å². The average Bonchev–Trinajstić information content (AvgIpc) is 2.27. The molecule has 0 saturated heterocycles. The molecule has 19 heavy (non-hydrogen) atoms. The third kappa shape index (κ3) is 4.69. The van der Waals surface area contributed by atoms with Crippen molar-refractivity contribution in [2.45, 2.75) is 50.8 Å². The molecule has 0 radical (unpaired) electrons. The molecule has 0 heterocycles. The molecule has 0 unspecified atom stereocenters. The summed E-state index contributed by atoms with van der Waals surface area (Å²) in [5.74, 6) is 0.330. The van der Waals surface area contributed by atoms with E-state index in [-0.39, 0.29) is 10.3 Å². The molecular formula is C14H21ClO3S. The van der Waals surface area contributed by atoms with Crippen molar-refractivity contribution in [3.05, 3.63) is 23.8 Å². The van der Waals surface area contributed by atoms with Crippen molar-refractivity contribution < 1.29 is 13.2 Å². The first-order valence-corrected chi connectivity index (χ1v) is 8.69. The highest BCUT2D eigenvalue weighted by atomic mass is 35.7. The molecule has 0 fully saturated rings. The fourth-order valence-electron chi connectivity index (χ4n) is 1.61. The van der Waals surface area contributed by atoms with E-state index in [9.17, 15) is 8.42 Å². The summed E-state index contributed by atoms with van der Waals surface area (Å²) in [6.45, 7) is 8.59. The van der Waals surface area contributed by atoms with Gasteiger partial charge in [-0.1, -0.05) is 40.2 Å². The highest BCUT2D eigenvalue weighted by Gasteiger charge is 2.22. The van der Waals surface area contributed by atoms with Crippen LogP contribution < -0.4 is 4.74 Å². The van der Waals surface area contributed by atoms with Crippen molar-refractivity contribution in [1.82, 2.24) is 0 Å². The molecule has 5 heteroatoms. The second-order valence-corrected chi connectivity index (χ2v) is 8.09. The van der Waals surface area contributed by atoms with E-state index in [0.717, 1.165) is 18.4 Å². The Balaban J connectivity index is 3.19. The summed E-state index contributed by atoms with van der Waals surface area (Å²) >= 11 is 0. The molecule has 0 bridgehead atoms. The molecule has 3 nitrogen and oxygen atoms in total. The highest BCUT2D eigenvalue weighted by Crippen LogP contribution is 2.32. The Morgan fingerprint density at radius 2 is 1.89 bits per heavy atom. The Morgan fingerprint density at radius 1 is 1.26 bits per heavy atom. The molecule has 0 aliphatic heterocycles. The third-order valence-corrected chi connectivity index (χ3v) is 4.17. The predicted molar refractivity (Wildman–Crippen MR) is 78.6 cm³/mol. The molecule has 0 saturated carbocycles. The lowest BCUT2D eigenvalue weighted by molar-refractivity contribution is 0.301. The van der Waals surface area contributed by atoms with Crippen molar-refractivity contribution in [3.63, 3.8) is 0 Å². The standard InChI is InChI=1S/C14H21ClO3S/c1-5-6-9-18-12-8-7-11(14(2,3)4)10-13(12)19(15,16)17/h7-8,10H,5-6,9H2,1-4H3. The predicted octanol–water partition coefficient (Wildman–Crippen LogP) is 4.09. The van der Waals surface area contributed by atoms with E-state index in [1.54, 1.807) is 12.1 Å². The zero-order chi connectivity index (χ0) is 14.7. The van der Waals surface area contributed by atoms with Gasteiger partial charge < -0.3 is 4.74 Å². The van der Waals surface area contributed by atoms with E-state index in [2.05, 4.69) is 0 Å². The monoisotopic (exact) mass is 304 g/mol. The van der Waals surface area contributed by atoms with Crippen LogP contribution in [0.25, 0.3) is 0 Å². The van der Waals surface area contributed by atoms with E-state index >= 15 is 0 Å². The van der Waals surface area contributed by atoms with Crippen molar-refractivity contribution in [1.29, 1.82) is 0 Å². The van der Waals surface area contributed by atoms with Crippen LogP contribution in [0.3, 0.4) is 0 Å². The Morgan fingerprint density at radius 3 is 2.37 bits per heavy atom. The van der Waals surface area contributed by atoms with E-state index < -0.39 is 9.05 Å². The second kappa shape index (κ2) is 6.14. The summed E-state index contributed by atoms with van der Waals surface area (Å²) in [6, 6.07) is 5.17. The van der Waals surface area contributed by atoms with Gasteiger partial charge in [-0.05, 0) is 29.5 Å². The number of ether oxygens (including phenoxy) is 1. The topological polar surface area (TPSA) is 43.4 Å². The third-order valence-electron chi connectivity index (χ3n) is 2.83. The molecule has 0 spiro atoms. The summed E-state index contributed by atoms with van der Waals surface area (Å²) in [5.41, 5.74) is 0.771. The maximum atomic E-state index is 11.7. The molecule has 0 atom stereocenters. The van der Waals surface area contributed by atoms with E-state index in [1.807, 2.05) is 33.8 Å². The van der Waals surface area contributed by atoms with Crippen molar-refractivity contribution in [2.75, 3.05) is 6.61 Å². The Bertz CT molecular complexity index is 530. The Hall–Kier alpha value is -0.740. The van der Waals surface area contributed by atoms with Gasteiger partial charge in [0.05, 0.1) is 6.61 Å². The lowest BCUT2D eigenvalue weighted by Gasteiger charge is -2.20. The molecule has 1 aromatic rings. The lowest BCUT2D eigenvalue weighted by Crippen LogP contribution is -2.12.